The van der Waals surface area contributed by atoms with Crippen LogP contribution in [0.2, 0.25) is 0 Å². The molecule has 14 heavy (non-hydrogen) atoms. The lowest BCUT2D eigenvalue weighted by Crippen LogP contribution is -2.30. The second kappa shape index (κ2) is 2.85. The molecule has 0 aliphatic heterocycles. The Morgan fingerprint density at radius 3 is 3.00 bits per heavy atom. The summed E-state index contributed by atoms with van der Waals surface area (Å²) in [6.45, 7) is 0. The van der Waals surface area contributed by atoms with Crippen LogP contribution in [0.15, 0.2) is 12.2 Å². The number of hydrogen-bond donors (Lipinski definition) is 0. The Labute approximate surface area is 84.3 Å². The van der Waals surface area contributed by atoms with Crippen molar-refractivity contribution in [2.24, 2.45) is 29.6 Å². The van der Waals surface area contributed by atoms with Crippen LogP contribution in [0.5, 0.6) is 0 Å². The number of carbonyl (C=O) groups excluding carboxylic acids is 1. The van der Waals surface area contributed by atoms with Crippen LogP contribution in [-0.4, -0.2) is 13.1 Å². The van der Waals surface area contributed by atoms with E-state index in [2.05, 4.69) is 12.2 Å². The molecule has 0 aromatic rings. The molecular formula is C12H16O2. The van der Waals surface area contributed by atoms with Crippen LogP contribution in [0.25, 0.3) is 0 Å². The van der Waals surface area contributed by atoms with E-state index in [1.807, 2.05) is 0 Å². The molecule has 2 saturated carbocycles. The van der Waals surface area contributed by atoms with Gasteiger partial charge in [0, 0.05) is 0 Å². The lowest BCUT2D eigenvalue weighted by atomic mass is 9.76. The zero-order chi connectivity index (χ0) is 9.71. The van der Waals surface area contributed by atoms with Gasteiger partial charge in [0.15, 0.2) is 0 Å². The highest BCUT2D eigenvalue weighted by Crippen LogP contribution is 2.59. The van der Waals surface area contributed by atoms with Crippen molar-refractivity contribution in [2.75, 3.05) is 7.11 Å². The van der Waals surface area contributed by atoms with Gasteiger partial charge in [-0.1, -0.05) is 12.2 Å². The quantitative estimate of drug-likeness (QED) is 0.469. The third-order valence-corrected chi connectivity index (χ3v) is 4.51. The number of allylic oxidation sites excluding steroid dienone is 2. The van der Waals surface area contributed by atoms with Gasteiger partial charge in [0.05, 0.1) is 13.0 Å². The smallest absolute Gasteiger partial charge is 0.308 e. The minimum absolute atomic E-state index is 0.0243. The summed E-state index contributed by atoms with van der Waals surface area (Å²) in [7, 11) is 1.51. The Balaban J connectivity index is 1.83. The Bertz CT molecular complexity index is 295. The van der Waals surface area contributed by atoms with Crippen LogP contribution in [0.1, 0.15) is 19.3 Å². The number of fused-ring (bicyclic) bond motifs is 5. The molecule has 0 heterocycles. The zero-order valence-corrected chi connectivity index (χ0v) is 8.48. The van der Waals surface area contributed by atoms with Crippen molar-refractivity contribution < 1.29 is 9.53 Å². The monoisotopic (exact) mass is 192 g/mol. The minimum atomic E-state index is 0.0243. The SMILES string of the molecule is COC(=O)C1CC2CC1C1C=CCC21. The van der Waals surface area contributed by atoms with Crippen molar-refractivity contribution in [1.82, 2.24) is 0 Å². The summed E-state index contributed by atoms with van der Waals surface area (Å²) < 4.78 is 4.87. The lowest BCUT2D eigenvalue weighted by Gasteiger charge is -2.29. The van der Waals surface area contributed by atoms with Crippen molar-refractivity contribution in [3.63, 3.8) is 0 Å². The van der Waals surface area contributed by atoms with E-state index in [4.69, 9.17) is 4.74 Å². The third kappa shape index (κ3) is 0.943. The minimum Gasteiger partial charge on any atom is -0.469 e. The molecule has 2 nitrogen and oxygen atoms in total. The van der Waals surface area contributed by atoms with Gasteiger partial charge in [-0.05, 0) is 42.9 Å². The van der Waals surface area contributed by atoms with Crippen LogP contribution in [0, 0.1) is 29.6 Å². The number of carbonyl (C=O) groups is 1. The van der Waals surface area contributed by atoms with E-state index in [0.717, 1.165) is 18.3 Å². The van der Waals surface area contributed by atoms with Crippen molar-refractivity contribution in [3.05, 3.63) is 12.2 Å². The van der Waals surface area contributed by atoms with Crippen molar-refractivity contribution in [3.8, 4) is 0 Å². The summed E-state index contributed by atoms with van der Waals surface area (Å²) >= 11 is 0. The number of rotatable bonds is 1. The molecule has 0 aromatic carbocycles. The molecule has 0 N–H and O–H groups in total. The summed E-state index contributed by atoms with van der Waals surface area (Å²) in [6.07, 6.45) is 8.23. The van der Waals surface area contributed by atoms with Crippen molar-refractivity contribution in [2.45, 2.75) is 19.3 Å². The molecule has 3 aliphatic carbocycles. The molecule has 5 unspecified atom stereocenters. The summed E-state index contributed by atoms with van der Waals surface area (Å²) in [5.41, 5.74) is 0. The fourth-order valence-electron chi connectivity index (χ4n) is 3.97. The molecule has 0 aromatic heterocycles. The first kappa shape index (κ1) is 8.51. The van der Waals surface area contributed by atoms with E-state index >= 15 is 0 Å². The van der Waals surface area contributed by atoms with Crippen LogP contribution < -0.4 is 0 Å². The molecule has 2 fully saturated rings. The van der Waals surface area contributed by atoms with E-state index in [-0.39, 0.29) is 11.9 Å². The summed E-state index contributed by atoms with van der Waals surface area (Å²) in [4.78, 5) is 11.5. The first-order valence-electron chi connectivity index (χ1n) is 5.55. The van der Waals surface area contributed by atoms with E-state index in [1.54, 1.807) is 0 Å². The Morgan fingerprint density at radius 2 is 2.21 bits per heavy atom. The first-order valence-corrected chi connectivity index (χ1v) is 5.55. The standard InChI is InChI=1S/C12H16O2/c1-14-12(13)11-6-7-5-10(11)9-4-2-3-8(7)9/h2,4,7-11H,3,5-6H2,1H3. The number of hydrogen-bond acceptors (Lipinski definition) is 2. The third-order valence-electron chi connectivity index (χ3n) is 4.51. The topological polar surface area (TPSA) is 26.3 Å². The first-order chi connectivity index (χ1) is 6.81. The highest BCUT2D eigenvalue weighted by atomic mass is 16.5. The Kier molecular flexibility index (Phi) is 1.73. The van der Waals surface area contributed by atoms with Crippen LogP contribution in [-0.2, 0) is 9.53 Å². The molecule has 2 heteroatoms. The summed E-state index contributed by atoms with van der Waals surface area (Å²) in [6, 6.07) is 0. The van der Waals surface area contributed by atoms with Gasteiger partial charge >= 0.3 is 5.97 Å². The molecule has 3 rings (SSSR count). The second-order valence-electron chi connectivity index (χ2n) is 4.93. The van der Waals surface area contributed by atoms with Gasteiger partial charge in [0.2, 0.25) is 0 Å². The highest BCUT2D eigenvalue weighted by Gasteiger charge is 2.54. The molecule has 0 radical (unpaired) electrons. The second-order valence-corrected chi connectivity index (χ2v) is 4.93. The summed E-state index contributed by atoms with van der Waals surface area (Å²) in [5.74, 6) is 3.17. The normalized spacial score (nSPS) is 48.2. The van der Waals surface area contributed by atoms with Crippen molar-refractivity contribution >= 4 is 5.97 Å². The highest BCUT2D eigenvalue weighted by molar-refractivity contribution is 5.73. The maximum Gasteiger partial charge on any atom is 0.308 e. The van der Waals surface area contributed by atoms with Gasteiger partial charge in [-0.15, -0.1) is 0 Å². The maximum atomic E-state index is 11.5. The predicted molar refractivity (Wildman–Crippen MR) is 52.5 cm³/mol. The van der Waals surface area contributed by atoms with Gasteiger partial charge < -0.3 is 4.74 Å². The Hall–Kier alpha value is -0.790. The van der Waals surface area contributed by atoms with Crippen molar-refractivity contribution in [1.29, 1.82) is 0 Å². The zero-order valence-electron chi connectivity index (χ0n) is 8.48. The maximum absolute atomic E-state index is 11.5. The number of methoxy groups -OCH3 is 1. The van der Waals surface area contributed by atoms with E-state index in [9.17, 15) is 4.79 Å². The van der Waals surface area contributed by atoms with Gasteiger partial charge in [-0.3, -0.25) is 4.79 Å². The fourth-order valence-corrected chi connectivity index (χ4v) is 3.97. The number of ether oxygens (including phenoxy) is 1. The Morgan fingerprint density at radius 1 is 1.36 bits per heavy atom. The van der Waals surface area contributed by atoms with Crippen LogP contribution >= 0.6 is 0 Å². The molecule has 3 aliphatic rings. The fraction of sp³-hybridized carbons (Fsp3) is 0.750. The van der Waals surface area contributed by atoms with E-state index < -0.39 is 0 Å². The van der Waals surface area contributed by atoms with Gasteiger partial charge in [0.25, 0.3) is 0 Å². The van der Waals surface area contributed by atoms with E-state index in [0.29, 0.717) is 11.8 Å². The average molecular weight is 192 g/mol. The van der Waals surface area contributed by atoms with Gasteiger partial charge in [0.1, 0.15) is 0 Å². The van der Waals surface area contributed by atoms with Crippen LogP contribution in [0.4, 0.5) is 0 Å². The molecule has 0 spiro atoms. The lowest BCUT2D eigenvalue weighted by molar-refractivity contribution is -0.148. The van der Waals surface area contributed by atoms with Gasteiger partial charge in [-0.25, -0.2) is 0 Å². The summed E-state index contributed by atoms with van der Waals surface area (Å²) in [5, 5.41) is 0. The number of esters is 1. The molecule has 0 amide bonds. The van der Waals surface area contributed by atoms with E-state index in [1.165, 1.54) is 20.0 Å². The molecule has 2 bridgehead atoms. The van der Waals surface area contributed by atoms with Crippen LogP contribution in [0.3, 0.4) is 0 Å². The average Bonchev–Trinajstić information content (AvgIpc) is 2.86. The molecular weight excluding hydrogens is 176 g/mol. The van der Waals surface area contributed by atoms with Gasteiger partial charge in [-0.2, -0.15) is 0 Å². The molecule has 76 valence electrons. The predicted octanol–water partition coefficient (Wildman–Crippen LogP) is 2.01. The molecule has 5 atom stereocenters. The largest absolute Gasteiger partial charge is 0.469 e. The molecule has 0 saturated heterocycles.